The van der Waals surface area contributed by atoms with Gasteiger partial charge in [-0.15, -0.1) is 0 Å². The van der Waals surface area contributed by atoms with E-state index in [0.717, 1.165) is 54.6 Å². The van der Waals surface area contributed by atoms with Crippen molar-refractivity contribution in [2.45, 2.75) is 85.7 Å². The highest BCUT2D eigenvalue weighted by atomic mass is 35.5. The number of amidine groups is 1. The first-order valence-electron chi connectivity index (χ1n) is 15.2. The quantitative estimate of drug-likeness (QED) is 0.149. The third kappa shape index (κ3) is 13.4. The molecule has 1 N–H and O–H groups in total. The molecule has 0 saturated heterocycles. The van der Waals surface area contributed by atoms with Crippen LogP contribution >= 0.6 is 11.6 Å². The van der Waals surface area contributed by atoms with Crippen LogP contribution < -0.4 is 0 Å². The van der Waals surface area contributed by atoms with Crippen LogP contribution in [0.5, 0.6) is 0 Å². The molecule has 2 heterocycles. The number of halogens is 1. The van der Waals surface area contributed by atoms with E-state index in [4.69, 9.17) is 17.0 Å². The number of hydrogen-bond donors (Lipinski definition) is 1. The van der Waals surface area contributed by atoms with E-state index < -0.39 is 0 Å². The summed E-state index contributed by atoms with van der Waals surface area (Å²) < 4.78 is 1.88. The molecule has 8 heteroatoms. The number of pyridine rings is 1. The van der Waals surface area contributed by atoms with Crippen LogP contribution in [0.2, 0.25) is 5.02 Å². The highest BCUT2D eigenvalue weighted by Gasteiger charge is 2.18. The van der Waals surface area contributed by atoms with Crippen LogP contribution in [-0.4, -0.2) is 56.4 Å². The van der Waals surface area contributed by atoms with Gasteiger partial charge >= 0.3 is 0 Å². The lowest BCUT2D eigenvalue weighted by molar-refractivity contribution is -0.130. The molecule has 0 fully saturated rings. The van der Waals surface area contributed by atoms with Crippen molar-refractivity contribution in [1.29, 1.82) is 5.41 Å². The van der Waals surface area contributed by atoms with Crippen molar-refractivity contribution >= 4 is 23.3 Å². The number of likely N-dealkylation sites (N-methyl/N-ethyl adjacent to an activating group) is 2. The second-order valence-corrected chi connectivity index (χ2v) is 10.4. The lowest BCUT2D eigenvalue weighted by Crippen LogP contribution is -2.38. The van der Waals surface area contributed by atoms with E-state index in [9.17, 15) is 4.79 Å². The average molecular weight is 607 g/mol. The Morgan fingerprint density at radius 3 is 2.56 bits per heavy atom. The Morgan fingerprint density at radius 2 is 1.93 bits per heavy atom. The van der Waals surface area contributed by atoms with Gasteiger partial charge in [0.1, 0.15) is 5.84 Å². The number of unbranched alkanes of at least 4 members (excludes halogenated alkanes) is 1. The summed E-state index contributed by atoms with van der Waals surface area (Å²) in [6, 6.07) is 3.84. The Morgan fingerprint density at radius 1 is 1.19 bits per heavy atom. The van der Waals surface area contributed by atoms with Crippen LogP contribution in [0.1, 0.15) is 73.1 Å². The fraction of sp³-hybridized carbons (Fsp3) is 0.429. The summed E-state index contributed by atoms with van der Waals surface area (Å²) in [7, 11) is 3.76. The Labute approximate surface area is 264 Å². The largest absolute Gasteiger partial charge is 0.341 e. The number of carbonyl (C=O) groups excluding carboxylic acids is 1. The van der Waals surface area contributed by atoms with Crippen molar-refractivity contribution in [2.24, 2.45) is 0 Å². The van der Waals surface area contributed by atoms with E-state index in [2.05, 4.69) is 48.7 Å². The van der Waals surface area contributed by atoms with Gasteiger partial charge in [-0.25, -0.2) is 0 Å². The standard InChI is InChI=1S/C17H23ClN4O.C16H22N2.C2H6/c1-4-5-6-16(21(3)13(2)23)12-22-11-14(9-20-22)17-8-7-15(18)10-19-17;1-4-5-8-13-16(17)18(3)14(2)15-11-9-6-7-10-12-15;1-2/h7-11,16H,4-6,12H2,1-3H3;5-9,11-12,17H,2,4,10,13H2,1,3H3;1-2H3/b;8-5-,17-16?;/t16-;;/m0../s1. The molecule has 0 radical (unpaired) electrons. The predicted molar refractivity (Wildman–Crippen MR) is 183 cm³/mol. The van der Waals surface area contributed by atoms with Crippen LogP contribution in [-0.2, 0) is 11.3 Å². The van der Waals surface area contributed by atoms with Gasteiger partial charge in [0.2, 0.25) is 5.91 Å². The van der Waals surface area contributed by atoms with Gasteiger partial charge in [-0.2, -0.15) is 5.10 Å². The summed E-state index contributed by atoms with van der Waals surface area (Å²) in [5, 5.41) is 13.0. The lowest BCUT2D eigenvalue weighted by Gasteiger charge is -2.27. The van der Waals surface area contributed by atoms with E-state index >= 15 is 0 Å². The minimum absolute atomic E-state index is 0.0813. The number of carbonyl (C=O) groups is 1. The number of nitrogens with one attached hydrogen (secondary N) is 1. The molecular weight excluding hydrogens is 556 g/mol. The zero-order chi connectivity index (χ0) is 32.2. The first-order chi connectivity index (χ1) is 20.7. The number of nitrogens with zero attached hydrogens (tertiary/aromatic N) is 5. The van der Waals surface area contributed by atoms with Crippen LogP contribution in [0, 0.1) is 5.41 Å². The molecule has 1 amide bonds. The maximum absolute atomic E-state index is 11.7. The third-order valence-electron chi connectivity index (χ3n) is 6.84. The maximum atomic E-state index is 11.7. The molecule has 0 bridgehead atoms. The zero-order valence-corrected chi connectivity index (χ0v) is 27.9. The molecule has 0 saturated carbocycles. The van der Waals surface area contributed by atoms with Gasteiger partial charge in [-0.3, -0.25) is 19.9 Å². The first-order valence-corrected chi connectivity index (χ1v) is 15.6. The van der Waals surface area contributed by atoms with Crippen molar-refractivity contribution in [1.82, 2.24) is 24.6 Å². The molecule has 7 nitrogen and oxygen atoms in total. The Hall–Kier alpha value is -3.71. The molecule has 2 aromatic rings. The van der Waals surface area contributed by atoms with Crippen molar-refractivity contribution in [2.75, 3.05) is 14.1 Å². The number of allylic oxidation sites excluding steroid dienone is 6. The summed E-state index contributed by atoms with van der Waals surface area (Å²) >= 11 is 5.87. The molecule has 1 atom stereocenters. The highest BCUT2D eigenvalue weighted by Crippen LogP contribution is 2.19. The summed E-state index contributed by atoms with van der Waals surface area (Å²) in [6.07, 6.45) is 25.6. The molecule has 0 spiro atoms. The number of hydrogen-bond acceptors (Lipinski definition) is 4. The number of amides is 1. The Balaban J connectivity index is 0.000000418. The minimum Gasteiger partial charge on any atom is -0.341 e. The second kappa shape index (κ2) is 21.1. The molecular formula is C35H51ClN6O. The van der Waals surface area contributed by atoms with Gasteiger partial charge in [-0.1, -0.05) is 101 Å². The van der Waals surface area contributed by atoms with Crippen molar-refractivity contribution < 1.29 is 4.79 Å². The highest BCUT2D eigenvalue weighted by molar-refractivity contribution is 6.30. The van der Waals surface area contributed by atoms with Crippen LogP contribution in [0.3, 0.4) is 0 Å². The SMILES string of the molecule is C=C(C1=CCC=CC=C1)N(C)C(=N)C/C=C\CC.CC.CCCC[C@@H](Cn1cc(-c2ccc(Cl)cn2)cn1)N(C)C(C)=O. The smallest absolute Gasteiger partial charge is 0.219 e. The van der Waals surface area contributed by atoms with E-state index in [1.54, 1.807) is 24.2 Å². The molecule has 43 heavy (non-hydrogen) atoms. The minimum atomic E-state index is 0.0813. The fourth-order valence-corrected chi connectivity index (χ4v) is 4.22. The van der Waals surface area contributed by atoms with Gasteiger partial charge < -0.3 is 9.80 Å². The summed E-state index contributed by atoms with van der Waals surface area (Å²) in [4.78, 5) is 19.6. The molecule has 1 aliphatic carbocycles. The molecule has 0 aliphatic heterocycles. The Bertz CT molecular complexity index is 1260. The van der Waals surface area contributed by atoms with E-state index in [1.165, 1.54) is 0 Å². The number of aromatic nitrogens is 3. The summed E-state index contributed by atoms with van der Waals surface area (Å²) in [5.74, 6) is 0.647. The molecule has 0 aromatic carbocycles. The van der Waals surface area contributed by atoms with E-state index in [0.29, 0.717) is 23.8 Å². The fourth-order valence-electron chi connectivity index (χ4n) is 4.11. The zero-order valence-electron chi connectivity index (χ0n) is 27.2. The maximum Gasteiger partial charge on any atom is 0.219 e. The Kier molecular flexibility index (Phi) is 18.3. The van der Waals surface area contributed by atoms with Crippen molar-refractivity contribution in [3.8, 4) is 11.3 Å². The van der Waals surface area contributed by atoms with Crippen molar-refractivity contribution in [3.05, 3.63) is 96.1 Å². The lowest BCUT2D eigenvalue weighted by atomic mass is 10.1. The van der Waals surface area contributed by atoms with Crippen molar-refractivity contribution in [3.63, 3.8) is 0 Å². The van der Waals surface area contributed by atoms with Gasteiger partial charge in [-0.05, 0) is 37.0 Å². The monoisotopic (exact) mass is 606 g/mol. The third-order valence-corrected chi connectivity index (χ3v) is 7.07. The molecule has 234 valence electrons. The second-order valence-electron chi connectivity index (χ2n) is 9.96. The van der Waals surface area contributed by atoms with Gasteiger partial charge in [0.15, 0.2) is 0 Å². The summed E-state index contributed by atoms with van der Waals surface area (Å²) in [5.41, 5.74) is 3.75. The molecule has 2 aromatic heterocycles. The average Bonchev–Trinajstić information content (AvgIpc) is 3.31. The van der Waals surface area contributed by atoms with Crippen LogP contribution in [0.15, 0.2) is 91.1 Å². The van der Waals surface area contributed by atoms with Crippen LogP contribution in [0.4, 0.5) is 0 Å². The first kappa shape index (κ1) is 37.3. The summed E-state index contributed by atoms with van der Waals surface area (Å²) in [6.45, 7) is 14.6. The topological polar surface area (TPSA) is 78.1 Å². The molecule has 1 aliphatic rings. The normalized spacial score (nSPS) is 12.7. The molecule has 3 rings (SSSR count). The molecule has 0 unspecified atom stereocenters. The van der Waals surface area contributed by atoms with Gasteiger partial charge in [0.05, 0.1) is 29.5 Å². The number of rotatable bonds is 12. The van der Waals surface area contributed by atoms with Gasteiger partial charge in [0.25, 0.3) is 0 Å². The van der Waals surface area contributed by atoms with Crippen LogP contribution in [0.25, 0.3) is 11.3 Å². The van der Waals surface area contributed by atoms with E-state index in [-0.39, 0.29) is 11.9 Å². The van der Waals surface area contributed by atoms with E-state index in [1.807, 2.05) is 80.2 Å². The van der Waals surface area contributed by atoms with Gasteiger partial charge in [0, 0.05) is 51.1 Å². The predicted octanol–water partition coefficient (Wildman–Crippen LogP) is 8.87.